The second-order valence-corrected chi connectivity index (χ2v) is 4.59. The average molecular weight is 244 g/mol. The summed E-state index contributed by atoms with van der Waals surface area (Å²) in [5, 5.41) is 0. The van der Waals surface area contributed by atoms with Crippen LogP contribution in [0.4, 0.5) is 8.78 Å². The molecular formula is C12H18F2N2O. The lowest BCUT2D eigenvalue weighted by atomic mass is 10.0. The van der Waals surface area contributed by atoms with Gasteiger partial charge in [0.2, 0.25) is 0 Å². The van der Waals surface area contributed by atoms with Crippen LogP contribution < -0.4 is 5.73 Å². The fraction of sp³-hybridized carbons (Fsp3) is 0.667. The van der Waals surface area contributed by atoms with Crippen molar-refractivity contribution in [1.82, 2.24) is 4.90 Å². The highest BCUT2D eigenvalue weighted by Crippen LogP contribution is 2.32. The Morgan fingerprint density at radius 3 is 2.53 bits per heavy atom. The van der Waals surface area contributed by atoms with Gasteiger partial charge in [0.1, 0.15) is 11.5 Å². The molecule has 0 aliphatic carbocycles. The summed E-state index contributed by atoms with van der Waals surface area (Å²) in [7, 11) is 0. The van der Waals surface area contributed by atoms with Crippen LogP contribution in [0.1, 0.15) is 30.4 Å². The molecule has 2 heterocycles. The van der Waals surface area contributed by atoms with Gasteiger partial charge in [0.05, 0.1) is 6.04 Å². The van der Waals surface area contributed by atoms with E-state index >= 15 is 0 Å². The standard InChI is InChI=1S/C12H18F2N2O/c1-9-2-3-11(17-9)10(8-15)16-6-4-12(13,14)5-7-16/h2-3,10H,4-8,15H2,1H3. The molecule has 3 nitrogen and oxygen atoms in total. The van der Waals surface area contributed by atoms with Crippen molar-refractivity contribution in [2.45, 2.75) is 31.7 Å². The van der Waals surface area contributed by atoms with E-state index < -0.39 is 5.92 Å². The predicted molar refractivity (Wildman–Crippen MR) is 61.0 cm³/mol. The van der Waals surface area contributed by atoms with E-state index in [2.05, 4.69) is 0 Å². The lowest BCUT2D eigenvalue weighted by Gasteiger charge is -2.36. The monoisotopic (exact) mass is 244 g/mol. The van der Waals surface area contributed by atoms with Crippen LogP contribution in [-0.4, -0.2) is 30.5 Å². The average Bonchev–Trinajstić information content (AvgIpc) is 2.68. The zero-order chi connectivity index (χ0) is 12.5. The lowest BCUT2D eigenvalue weighted by Crippen LogP contribution is -2.43. The molecule has 1 aliphatic rings. The van der Waals surface area contributed by atoms with Crippen LogP contribution in [0, 0.1) is 6.92 Å². The molecule has 17 heavy (non-hydrogen) atoms. The number of likely N-dealkylation sites (tertiary alicyclic amines) is 1. The first-order valence-corrected chi connectivity index (χ1v) is 5.90. The number of halogens is 2. The molecule has 96 valence electrons. The molecule has 0 spiro atoms. The Bertz CT molecular complexity index is 368. The Morgan fingerprint density at radius 2 is 2.06 bits per heavy atom. The summed E-state index contributed by atoms with van der Waals surface area (Å²) in [4.78, 5) is 1.98. The van der Waals surface area contributed by atoms with Crippen LogP contribution in [0.3, 0.4) is 0 Å². The highest BCUT2D eigenvalue weighted by atomic mass is 19.3. The minimum Gasteiger partial charge on any atom is -0.465 e. The van der Waals surface area contributed by atoms with E-state index in [-0.39, 0.29) is 18.9 Å². The molecule has 2 N–H and O–H groups in total. The van der Waals surface area contributed by atoms with Crippen molar-refractivity contribution < 1.29 is 13.2 Å². The van der Waals surface area contributed by atoms with Gasteiger partial charge in [0.25, 0.3) is 5.92 Å². The topological polar surface area (TPSA) is 42.4 Å². The van der Waals surface area contributed by atoms with E-state index in [1.165, 1.54) is 0 Å². The van der Waals surface area contributed by atoms with Crippen molar-refractivity contribution in [3.8, 4) is 0 Å². The number of piperidine rings is 1. The van der Waals surface area contributed by atoms with Gasteiger partial charge in [-0.1, -0.05) is 0 Å². The van der Waals surface area contributed by atoms with E-state index in [0.29, 0.717) is 19.6 Å². The summed E-state index contributed by atoms with van der Waals surface area (Å²) in [5.74, 6) is -0.926. The summed E-state index contributed by atoms with van der Waals surface area (Å²) < 4.78 is 31.7. The maximum absolute atomic E-state index is 13.1. The summed E-state index contributed by atoms with van der Waals surface area (Å²) in [6, 6.07) is 3.66. The highest BCUT2D eigenvalue weighted by Gasteiger charge is 2.36. The SMILES string of the molecule is Cc1ccc(C(CN)N2CCC(F)(F)CC2)o1. The van der Waals surface area contributed by atoms with E-state index in [4.69, 9.17) is 10.2 Å². The van der Waals surface area contributed by atoms with Crippen molar-refractivity contribution in [3.05, 3.63) is 23.7 Å². The first-order chi connectivity index (χ1) is 8.02. The zero-order valence-corrected chi connectivity index (χ0v) is 9.96. The number of rotatable bonds is 3. The quantitative estimate of drug-likeness (QED) is 0.887. The number of hydrogen-bond donors (Lipinski definition) is 1. The maximum Gasteiger partial charge on any atom is 0.250 e. The van der Waals surface area contributed by atoms with Gasteiger partial charge in [-0.25, -0.2) is 8.78 Å². The van der Waals surface area contributed by atoms with Crippen molar-refractivity contribution in [2.75, 3.05) is 19.6 Å². The van der Waals surface area contributed by atoms with Crippen LogP contribution in [0.25, 0.3) is 0 Å². The van der Waals surface area contributed by atoms with Crippen molar-refractivity contribution >= 4 is 0 Å². The van der Waals surface area contributed by atoms with Gasteiger partial charge in [0.15, 0.2) is 0 Å². The minimum absolute atomic E-state index is 0.0835. The van der Waals surface area contributed by atoms with Crippen molar-refractivity contribution in [2.24, 2.45) is 5.73 Å². The van der Waals surface area contributed by atoms with Crippen molar-refractivity contribution in [3.63, 3.8) is 0 Å². The highest BCUT2D eigenvalue weighted by molar-refractivity contribution is 5.10. The number of furan rings is 1. The molecule has 1 atom stereocenters. The molecule has 1 unspecified atom stereocenters. The van der Waals surface area contributed by atoms with Gasteiger partial charge < -0.3 is 10.2 Å². The molecule has 1 aliphatic heterocycles. The van der Waals surface area contributed by atoms with Gasteiger partial charge in [-0.2, -0.15) is 0 Å². The summed E-state index contributed by atoms with van der Waals surface area (Å²) in [5.41, 5.74) is 5.72. The van der Waals surface area contributed by atoms with Crippen LogP contribution in [0.5, 0.6) is 0 Å². The molecule has 1 fully saturated rings. The van der Waals surface area contributed by atoms with Crippen LogP contribution in [0.2, 0.25) is 0 Å². The molecule has 0 bridgehead atoms. The third-order valence-corrected chi connectivity index (χ3v) is 3.28. The van der Waals surface area contributed by atoms with Crippen LogP contribution in [-0.2, 0) is 0 Å². The first kappa shape index (κ1) is 12.5. The Kier molecular flexibility index (Phi) is 3.49. The molecule has 2 rings (SSSR count). The summed E-state index contributed by atoms with van der Waals surface area (Å²) >= 11 is 0. The Labute approximate surface area is 99.6 Å². The molecule has 0 saturated carbocycles. The van der Waals surface area contributed by atoms with Gasteiger partial charge in [0, 0.05) is 32.5 Å². The normalized spacial score (nSPS) is 22.6. The number of hydrogen-bond acceptors (Lipinski definition) is 3. The molecule has 0 aromatic carbocycles. The molecule has 0 radical (unpaired) electrons. The number of nitrogens with zero attached hydrogens (tertiary/aromatic N) is 1. The second-order valence-electron chi connectivity index (χ2n) is 4.59. The van der Waals surface area contributed by atoms with E-state index in [1.807, 2.05) is 24.0 Å². The predicted octanol–water partition coefficient (Wildman–Crippen LogP) is 2.32. The van der Waals surface area contributed by atoms with Crippen LogP contribution in [0.15, 0.2) is 16.5 Å². The number of aryl methyl sites for hydroxylation is 1. The first-order valence-electron chi connectivity index (χ1n) is 5.90. The molecule has 0 amide bonds. The fourth-order valence-electron chi connectivity index (χ4n) is 2.24. The van der Waals surface area contributed by atoms with E-state index in [1.54, 1.807) is 0 Å². The minimum atomic E-state index is -2.52. The Morgan fingerprint density at radius 1 is 1.41 bits per heavy atom. The smallest absolute Gasteiger partial charge is 0.250 e. The summed E-state index contributed by atoms with van der Waals surface area (Å²) in [6.45, 7) is 2.99. The zero-order valence-electron chi connectivity index (χ0n) is 9.96. The lowest BCUT2D eigenvalue weighted by molar-refractivity contribution is -0.0642. The molecule has 5 heteroatoms. The Hall–Kier alpha value is -0.940. The number of nitrogens with two attached hydrogens (primary N) is 1. The maximum atomic E-state index is 13.1. The van der Waals surface area contributed by atoms with Gasteiger partial charge in [-0.3, -0.25) is 4.90 Å². The van der Waals surface area contributed by atoms with Crippen molar-refractivity contribution in [1.29, 1.82) is 0 Å². The van der Waals surface area contributed by atoms with E-state index in [9.17, 15) is 8.78 Å². The molecule has 1 saturated heterocycles. The van der Waals surface area contributed by atoms with Gasteiger partial charge in [-0.15, -0.1) is 0 Å². The fourth-order valence-corrected chi connectivity index (χ4v) is 2.24. The summed E-state index contributed by atoms with van der Waals surface area (Å²) in [6.07, 6.45) is -0.188. The number of alkyl halides is 2. The third-order valence-electron chi connectivity index (χ3n) is 3.28. The molecule has 1 aromatic rings. The molecule has 1 aromatic heterocycles. The third kappa shape index (κ3) is 2.84. The molecular weight excluding hydrogens is 226 g/mol. The van der Waals surface area contributed by atoms with Crippen LogP contribution >= 0.6 is 0 Å². The van der Waals surface area contributed by atoms with Gasteiger partial charge >= 0.3 is 0 Å². The Balaban J connectivity index is 2.05. The largest absolute Gasteiger partial charge is 0.465 e. The van der Waals surface area contributed by atoms with Gasteiger partial charge in [-0.05, 0) is 19.1 Å². The second kappa shape index (κ2) is 4.74. The van der Waals surface area contributed by atoms with E-state index in [0.717, 1.165) is 11.5 Å².